The van der Waals surface area contributed by atoms with E-state index in [2.05, 4.69) is 10.5 Å². The molecule has 1 fully saturated rings. The van der Waals surface area contributed by atoms with Crippen LogP contribution >= 0.6 is 0 Å². The molecule has 1 atom stereocenters. The SMILES string of the molecule is Cc1noc(C)c1CN1C(=O)NC(Cc2ccccc2)C1=O. The molecule has 6 nitrogen and oxygen atoms in total. The number of carbonyl (C=O) groups excluding carboxylic acids is 2. The van der Waals surface area contributed by atoms with Crippen LogP contribution in [0.25, 0.3) is 0 Å². The maximum absolute atomic E-state index is 12.5. The lowest BCUT2D eigenvalue weighted by Gasteiger charge is -2.12. The maximum Gasteiger partial charge on any atom is 0.325 e. The molecule has 6 heteroatoms. The van der Waals surface area contributed by atoms with Crippen molar-refractivity contribution >= 4 is 11.9 Å². The lowest BCUT2D eigenvalue weighted by Crippen LogP contribution is -2.32. The number of aromatic nitrogens is 1. The summed E-state index contributed by atoms with van der Waals surface area (Å²) in [6, 6.07) is 8.74. The highest BCUT2D eigenvalue weighted by Gasteiger charge is 2.38. The van der Waals surface area contributed by atoms with E-state index < -0.39 is 6.04 Å². The number of rotatable bonds is 4. The van der Waals surface area contributed by atoms with E-state index in [9.17, 15) is 9.59 Å². The summed E-state index contributed by atoms with van der Waals surface area (Å²) in [7, 11) is 0. The zero-order chi connectivity index (χ0) is 15.7. The minimum absolute atomic E-state index is 0.192. The predicted molar refractivity (Wildman–Crippen MR) is 79.0 cm³/mol. The number of hydrogen-bond donors (Lipinski definition) is 1. The van der Waals surface area contributed by atoms with Crippen LogP contribution in [0.1, 0.15) is 22.6 Å². The van der Waals surface area contributed by atoms with E-state index in [0.717, 1.165) is 11.1 Å². The third kappa shape index (κ3) is 2.59. The number of carbonyl (C=O) groups is 2. The van der Waals surface area contributed by atoms with Crippen molar-refractivity contribution in [3.8, 4) is 0 Å². The molecule has 3 amide bonds. The van der Waals surface area contributed by atoms with Crippen LogP contribution in [-0.4, -0.2) is 28.0 Å². The molecule has 1 saturated heterocycles. The molecule has 1 aliphatic rings. The Hall–Kier alpha value is -2.63. The summed E-state index contributed by atoms with van der Waals surface area (Å²) in [4.78, 5) is 25.8. The second-order valence-corrected chi connectivity index (χ2v) is 5.42. The smallest absolute Gasteiger partial charge is 0.325 e. The standard InChI is InChI=1S/C16H17N3O3/c1-10-13(11(2)22-18-10)9-19-15(20)14(17-16(19)21)8-12-6-4-3-5-7-12/h3-7,14H,8-9H2,1-2H3,(H,17,21). The van der Waals surface area contributed by atoms with Gasteiger partial charge in [-0.25, -0.2) is 4.79 Å². The number of imide groups is 1. The number of benzene rings is 1. The Balaban J connectivity index is 1.74. The lowest BCUT2D eigenvalue weighted by atomic mass is 10.1. The van der Waals surface area contributed by atoms with Crippen LogP contribution in [0, 0.1) is 13.8 Å². The first-order chi connectivity index (χ1) is 10.6. The van der Waals surface area contributed by atoms with Gasteiger partial charge in [0.25, 0.3) is 5.91 Å². The minimum Gasteiger partial charge on any atom is -0.361 e. The number of amides is 3. The number of hydrogen-bond acceptors (Lipinski definition) is 4. The fourth-order valence-electron chi connectivity index (χ4n) is 2.60. The summed E-state index contributed by atoms with van der Waals surface area (Å²) in [5, 5.41) is 6.59. The Morgan fingerprint density at radius 3 is 2.59 bits per heavy atom. The average molecular weight is 299 g/mol. The zero-order valence-electron chi connectivity index (χ0n) is 12.5. The van der Waals surface area contributed by atoms with Crippen LogP contribution in [0.5, 0.6) is 0 Å². The maximum atomic E-state index is 12.5. The molecular weight excluding hydrogens is 282 g/mol. The molecule has 3 rings (SSSR count). The normalized spacial score (nSPS) is 17.9. The van der Waals surface area contributed by atoms with Crippen LogP contribution in [-0.2, 0) is 17.8 Å². The summed E-state index contributed by atoms with van der Waals surface area (Å²) in [5.41, 5.74) is 2.49. The topological polar surface area (TPSA) is 75.4 Å². The molecule has 1 aliphatic heterocycles. The van der Waals surface area contributed by atoms with Crippen molar-refractivity contribution in [1.29, 1.82) is 0 Å². The van der Waals surface area contributed by atoms with Gasteiger partial charge in [-0.2, -0.15) is 0 Å². The predicted octanol–water partition coefficient (Wildman–Crippen LogP) is 1.95. The van der Waals surface area contributed by atoms with Gasteiger partial charge in [-0.05, 0) is 19.4 Å². The second kappa shape index (κ2) is 5.63. The Labute approximate surface area is 128 Å². The van der Waals surface area contributed by atoms with Gasteiger partial charge in [-0.15, -0.1) is 0 Å². The van der Waals surface area contributed by atoms with Gasteiger partial charge in [0.15, 0.2) is 0 Å². The van der Waals surface area contributed by atoms with E-state index in [4.69, 9.17) is 4.52 Å². The zero-order valence-corrected chi connectivity index (χ0v) is 12.5. The van der Waals surface area contributed by atoms with Crippen LogP contribution < -0.4 is 5.32 Å². The van der Waals surface area contributed by atoms with E-state index >= 15 is 0 Å². The first kappa shape index (κ1) is 14.3. The first-order valence-corrected chi connectivity index (χ1v) is 7.14. The molecular formula is C16H17N3O3. The van der Waals surface area contributed by atoms with E-state index in [1.165, 1.54) is 4.90 Å². The van der Waals surface area contributed by atoms with Gasteiger partial charge in [-0.1, -0.05) is 35.5 Å². The number of urea groups is 1. The van der Waals surface area contributed by atoms with Crippen molar-refractivity contribution in [3.63, 3.8) is 0 Å². The van der Waals surface area contributed by atoms with Gasteiger partial charge in [0, 0.05) is 12.0 Å². The van der Waals surface area contributed by atoms with Crippen molar-refractivity contribution in [2.24, 2.45) is 0 Å². The van der Waals surface area contributed by atoms with E-state index in [-0.39, 0.29) is 18.5 Å². The molecule has 2 heterocycles. The van der Waals surface area contributed by atoms with Crippen molar-refractivity contribution in [1.82, 2.24) is 15.4 Å². The Morgan fingerprint density at radius 1 is 1.23 bits per heavy atom. The van der Waals surface area contributed by atoms with Gasteiger partial charge in [0.2, 0.25) is 0 Å². The van der Waals surface area contributed by atoms with Crippen molar-refractivity contribution in [2.45, 2.75) is 32.9 Å². The van der Waals surface area contributed by atoms with Gasteiger partial charge >= 0.3 is 6.03 Å². The third-order valence-electron chi connectivity index (χ3n) is 3.89. The Kier molecular flexibility index (Phi) is 3.66. The second-order valence-electron chi connectivity index (χ2n) is 5.42. The van der Waals surface area contributed by atoms with Crippen LogP contribution in [0.4, 0.5) is 4.79 Å². The third-order valence-corrected chi connectivity index (χ3v) is 3.89. The molecule has 1 aromatic heterocycles. The van der Waals surface area contributed by atoms with Crippen molar-refractivity contribution in [2.75, 3.05) is 0 Å². The van der Waals surface area contributed by atoms with E-state index in [0.29, 0.717) is 17.9 Å². The molecule has 2 aromatic rings. The number of nitrogens with zero attached hydrogens (tertiary/aromatic N) is 2. The van der Waals surface area contributed by atoms with Crippen LogP contribution in [0.2, 0.25) is 0 Å². The van der Waals surface area contributed by atoms with Crippen molar-refractivity contribution < 1.29 is 14.1 Å². The molecule has 114 valence electrons. The molecule has 0 saturated carbocycles. The molecule has 0 aliphatic carbocycles. The molecule has 1 unspecified atom stereocenters. The highest BCUT2D eigenvalue weighted by molar-refractivity contribution is 6.04. The van der Waals surface area contributed by atoms with Crippen LogP contribution in [0.15, 0.2) is 34.9 Å². The summed E-state index contributed by atoms with van der Waals surface area (Å²) >= 11 is 0. The van der Waals surface area contributed by atoms with Crippen LogP contribution in [0.3, 0.4) is 0 Å². The van der Waals surface area contributed by atoms with Gasteiger partial charge in [0.05, 0.1) is 12.2 Å². The van der Waals surface area contributed by atoms with Crippen molar-refractivity contribution in [3.05, 3.63) is 52.9 Å². The summed E-state index contributed by atoms with van der Waals surface area (Å²) in [5.74, 6) is 0.415. The monoisotopic (exact) mass is 299 g/mol. The fraction of sp³-hybridized carbons (Fsp3) is 0.312. The van der Waals surface area contributed by atoms with Gasteiger partial charge in [0.1, 0.15) is 11.8 Å². The quantitative estimate of drug-likeness (QED) is 0.876. The van der Waals surface area contributed by atoms with Gasteiger partial charge < -0.3 is 9.84 Å². The number of aryl methyl sites for hydroxylation is 2. The number of nitrogens with one attached hydrogen (secondary N) is 1. The molecule has 1 aromatic carbocycles. The molecule has 0 bridgehead atoms. The Morgan fingerprint density at radius 2 is 1.95 bits per heavy atom. The summed E-state index contributed by atoms with van der Waals surface area (Å²) < 4.78 is 5.08. The minimum atomic E-state index is -0.518. The van der Waals surface area contributed by atoms with E-state index in [1.807, 2.05) is 30.3 Å². The Bertz CT molecular complexity index is 689. The highest BCUT2D eigenvalue weighted by atomic mass is 16.5. The molecule has 0 radical (unpaired) electrons. The molecule has 1 N–H and O–H groups in total. The average Bonchev–Trinajstić information content (AvgIpc) is 2.96. The highest BCUT2D eigenvalue weighted by Crippen LogP contribution is 2.19. The van der Waals surface area contributed by atoms with Gasteiger partial charge in [-0.3, -0.25) is 9.69 Å². The molecule has 22 heavy (non-hydrogen) atoms. The first-order valence-electron chi connectivity index (χ1n) is 7.14. The largest absolute Gasteiger partial charge is 0.361 e. The molecule has 0 spiro atoms. The fourth-order valence-corrected chi connectivity index (χ4v) is 2.60. The summed E-state index contributed by atoms with van der Waals surface area (Å²) in [6.45, 7) is 3.76. The van der Waals surface area contributed by atoms with E-state index in [1.54, 1.807) is 13.8 Å². The summed E-state index contributed by atoms with van der Waals surface area (Å²) in [6.07, 6.45) is 0.490. The lowest BCUT2D eigenvalue weighted by molar-refractivity contribution is -0.127.